The van der Waals surface area contributed by atoms with Gasteiger partial charge < -0.3 is 5.32 Å². The molecule has 2 aromatic rings. The number of rotatable bonds is 4. The quantitative estimate of drug-likeness (QED) is 0.799. The molecule has 0 fully saturated rings. The summed E-state index contributed by atoms with van der Waals surface area (Å²) < 4.78 is 65.9. The predicted molar refractivity (Wildman–Crippen MR) is 82.9 cm³/mol. The van der Waals surface area contributed by atoms with Gasteiger partial charge in [0.1, 0.15) is 4.90 Å². The molecule has 5 nitrogen and oxygen atoms in total. The summed E-state index contributed by atoms with van der Waals surface area (Å²) in [4.78, 5) is 9.92. The normalized spacial score (nSPS) is 11.2. The van der Waals surface area contributed by atoms with Crippen LogP contribution in [0, 0.1) is 17.5 Å². The van der Waals surface area contributed by atoms with E-state index in [0.717, 1.165) is 0 Å². The van der Waals surface area contributed by atoms with Crippen LogP contribution in [0.3, 0.4) is 0 Å². The van der Waals surface area contributed by atoms with E-state index in [1.54, 1.807) is 0 Å². The maximum Gasteiger partial charge on any atom is 0.264 e. The lowest BCUT2D eigenvalue weighted by molar-refractivity contribution is -0.114. The van der Waals surface area contributed by atoms with Gasteiger partial charge in [0.05, 0.1) is 16.4 Å². The van der Waals surface area contributed by atoms with Crippen molar-refractivity contribution in [1.29, 1.82) is 0 Å². The molecular weight excluding hydrogens is 369 g/mol. The molecule has 2 aromatic carbocycles. The largest absolute Gasteiger partial charge is 0.325 e. The topological polar surface area (TPSA) is 75.3 Å². The van der Waals surface area contributed by atoms with Gasteiger partial charge in [-0.2, -0.15) is 0 Å². The van der Waals surface area contributed by atoms with Gasteiger partial charge in [-0.15, -0.1) is 0 Å². The molecule has 0 saturated carbocycles. The average Bonchev–Trinajstić information content (AvgIpc) is 2.46. The number of carbonyl (C=O) groups is 1. The zero-order valence-corrected chi connectivity index (χ0v) is 13.6. The van der Waals surface area contributed by atoms with Crippen molar-refractivity contribution in [3.8, 4) is 0 Å². The first-order valence-electron chi connectivity index (χ1n) is 6.35. The van der Waals surface area contributed by atoms with Crippen LogP contribution in [0.4, 0.5) is 24.5 Å². The molecule has 2 N–H and O–H groups in total. The molecule has 10 heteroatoms. The maximum atomic E-state index is 13.6. The molecule has 1 amide bonds. The van der Waals surface area contributed by atoms with E-state index in [1.165, 1.54) is 25.1 Å². The summed E-state index contributed by atoms with van der Waals surface area (Å²) in [7, 11) is -4.51. The third-order valence-electron chi connectivity index (χ3n) is 2.82. The minimum atomic E-state index is -4.51. The van der Waals surface area contributed by atoms with Gasteiger partial charge in [0.2, 0.25) is 5.91 Å². The highest BCUT2D eigenvalue weighted by atomic mass is 35.5. The van der Waals surface area contributed by atoms with Gasteiger partial charge in [0.15, 0.2) is 17.5 Å². The van der Waals surface area contributed by atoms with Gasteiger partial charge in [-0.05, 0) is 30.3 Å². The Morgan fingerprint density at radius 1 is 1.08 bits per heavy atom. The molecule has 0 heterocycles. The molecule has 0 aliphatic carbocycles. The van der Waals surface area contributed by atoms with Crippen LogP contribution in [-0.2, 0) is 14.8 Å². The van der Waals surface area contributed by atoms with E-state index < -0.39 is 32.4 Å². The molecule has 0 aromatic heterocycles. The van der Waals surface area contributed by atoms with E-state index in [4.69, 9.17) is 11.6 Å². The van der Waals surface area contributed by atoms with Gasteiger partial charge in [-0.3, -0.25) is 9.52 Å². The molecule has 0 aliphatic rings. The van der Waals surface area contributed by atoms with Crippen LogP contribution in [0.1, 0.15) is 6.92 Å². The number of hydrogen-bond acceptors (Lipinski definition) is 3. The molecule has 0 spiro atoms. The van der Waals surface area contributed by atoms with Gasteiger partial charge in [-0.1, -0.05) is 11.6 Å². The minimum absolute atomic E-state index is 0.0242. The first-order valence-corrected chi connectivity index (χ1v) is 8.21. The number of sulfonamides is 1. The van der Waals surface area contributed by atoms with E-state index in [-0.39, 0.29) is 22.3 Å². The molecular formula is C14H10ClF3N2O3S. The van der Waals surface area contributed by atoms with Gasteiger partial charge in [0.25, 0.3) is 10.0 Å². The van der Waals surface area contributed by atoms with Crippen molar-refractivity contribution in [1.82, 2.24) is 0 Å². The minimum Gasteiger partial charge on any atom is -0.325 e. The zero-order chi connectivity index (χ0) is 18.1. The van der Waals surface area contributed by atoms with Crippen LogP contribution in [-0.4, -0.2) is 14.3 Å². The molecule has 0 unspecified atom stereocenters. The second kappa shape index (κ2) is 6.70. The second-order valence-electron chi connectivity index (χ2n) is 4.65. The predicted octanol–water partition coefficient (Wildman–Crippen LogP) is 3.52. The molecule has 128 valence electrons. The number of anilines is 2. The van der Waals surface area contributed by atoms with Gasteiger partial charge >= 0.3 is 0 Å². The van der Waals surface area contributed by atoms with Crippen LogP contribution in [0.25, 0.3) is 0 Å². The van der Waals surface area contributed by atoms with Crippen molar-refractivity contribution in [2.24, 2.45) is 0 Å². The Hall–Kier alpha value is -2.26. The number of nitrogens with one attached hydrogen (secondary N) is 2. The van der Waals surface area contributed by atoms with Crippen molar-refractivity contribution < 1.29 is 26.4 Å². The summed E-state index contributed by atoms with van der Waals surface area (Å²) in [6.07, 6.45) is 0. The average molecular weight is 379 g/mol. The molecule has 0 bridgehead atoms. The Balaban J connectivity index is 2.35. The first kappa shape index (κ1) is 18.1. The van der Waals surface area contributed by atoms with Gasteiger partial charge in [-0.25, -0.2) is 21.6 Å². The van der Waals surface area contributed by atoms with Crippen LogP contribution in [0.15, 0.2) is 35.2 Å². The van der Waals surface area contributed by atoms with Crippen LogP contribution in [0.5, 0.6) is 0 Å². The lowest BCUT2D eigenvalue weighted by Crippen LogP contribution is -2.16. The molecule has 24 heavy (non-hydrogen) atoms. The lowest BCUT2D eigenvalue weighted by atomic mass is 10.3. The van der Waals surface area contributed by atoms with Crippen molar-refractivity contribution in [3.05, 3.63) is 52.8 Å². The Labute approximate surface area is 140 Å². The molecule has 0 atom stereocenters. The highest BCUT2D eigenvalue weighted by Crippen LogP contribution is 2.28. The van der Waals surface area contributed by atoms with E-state index >= 15 is 0 Å². The van der Waals surface area contributed by atoms with Crippen molar-refractivity contribution in [2.45, 2.75) is 11.8 Å². The molecule has 0 radical (unpaired) electrons. The second-order valence-corrected chi connectivity index (χ2v) is 6.71. The summed E-state index contributed by atoms with van der Waals surface area (Å²) in [6.45, 7) is 1.26. The monoisotopic (exact) mass is 378 g/mol. The third-order valence-corrected chi connectivity index (χ3v) is 4.53. The summed E-state index contributed by atoms with van der Waals surface area (Å²) in [5.41, 5.74) is 0.185. The van der Waals surface area contributed by atoms with Crippen LogP contribution >= 0.6 is 11.6 Å². The number of hydrogen-bond donors (Lipinski definition) is 2. The summed E-state index contributed by atoms with van der Waals surface area (Å²) in [5, 5.41) is 2.44. The number of carbonyl (C=O) groups excluding carboxylic acids is 1. The SMILES string of the molecule is CC(=O)Nc1ccc(NS(=O)(=O)c2ccc(F)c(F)c2F)cc1Cl. The Morgan fingerprint density at radius 3 is 2.33 bits per heavy atom. The number of halogens is 4. The van der Waals surface area contributed by atoms with E-state index in [2.05, 4.69) is 5.32 Å². The number of amides is 1. The van der Waals surface area contributed by atoms with Gasteiger partial charge in [0, 0.05) is 6.92 Å². The van der Waals surface area contributed by atoms with E-state index in [1.807, 2.05) is 4.72 Å². The molecule has 2 rings (SSSR count). The molecule has 0 saturated heterocycles. The van der Waals surface area contributed by atoms with E-state index in [0.29, 0.717) is 12.1 Å². The van der Waals surface area contributed by atoms with Crippen molar-refractivity contribution in [3.63, 3.8) is 0 Å². The van der Waals surface area contributed by atoms with Crippen LogP contribution < -0.4 is 10.0 Å². The fourth-order valence-electron chi connectivity index (χ4n) is 1.80. The smallest absolute Gasteiger partial charge is 0.264 e. The highest BCUT2D eigenvalue weighted by Gasteiger charge is 2.24. The summed E-state index contributed by atoms with van der Waals surface area (Å²) in [6, 6.07) is 4.85. The summed E-state index contributed by atoms with van der Waals surface area (Å²) >= 11 is 5.89. The first-order chi connectivity index (χ1) is 11.1. The third kappa shape index (κ3) is 3.80. The summed E-state index contributed by atoms with van der Waals surface area (Å²) in [5.74, 6) is -5.61. The maximum absolute atomic E-state index is 13.6. The van der Waals surface area contributed by atoms with E-state index in [9.17, 15) is 26.4 Å². The molecule has 0 aliphatic heterocycles. The van der Waals surface area contributed by atoms with Crippen molar-refractivity contribution >= 4 is 38.9 Å². The standard InChI is InChI=1S/C14H10ClF3N2O3S/c1-7(21)19-11-4-2-8(6-9(11)15)20-24(22,23)12-5-3-10(16)13(17)14(12)18/h2-6,20H,1H3,(H,19,21). The zero-order valence-electron chi connectivity index (χ0n) is 12.0. The fraction of sp³-hybridized carbons (Fsp3) is 0.0714. The fourth-order valence-corrected chi connectivity index (χ4v) is 3.14. The highest BCUT2D eigenvalue weighted by molar-refractivity contribution is 7.92. The Bertz CT molecular complexity index is 920. The Morgan fingerprint density at radius 2 is 1.75 bits per heavy atom. The van der Waals surface area contributed by atoms with Crippen LogP contribution in [0.2, 0.25) is 5.02 Å². The number of benzene rings is 2. The lowest BCUT2D eigenvalue weighted by Gasteiger charge is -2.11. The van der Waals surface area contributed by atoms with Crippen molar-refractivity contribution in [2.75, 3.05) is 10.0 Å². The Kier molecular flexibility index (Phi) is 5.05.